The van der Waals surface area contributed by atoms with E-state index in [0.29, 0.717) is 11.5 Å². The molecule has 144 valence electrons. The largest absolute Gasteiger partial charge is 0.487 e. The van der Waals surface area contributed by atoms with Crippen LogP contribution in [0.15, 0.2) is 17.7 Å². The minimum absolute atomic E-state index is 0.150. The van der Waals surface area contributed by atoms with E-state index in [1.54, 1.807) is 0 Å². The minimum atomic E-state index is -0.731. The first kappa shape index (κ1) is 21.7. The molecule has 0 aliphatic carbocycles. The highest BCUT2D eigenvalue weighted by molar-refractivity contribution is 6.17. The standard InChI is InChI=1S/C21H30O5/c1-13(2)12-21(5,6)26-18-14(3)9-16(10-15(18)4)11-17(19(22)24-7)20(23)25-8/h9-11,13H,12H2,1-8H3. The van der Waals surface area contributed by atoms with Crippen LogP contribution >= 0.6 is 0 Å². The quantitative estimate of drug-likeness (QED) is 0.314. The van der Waals surface area contributed by atoms with E-state index in [-0.39, 0.29) is 11.2 Å². The second-order valence-corrected chi connectivity index (χ2v) is 7.48. The van der Waals surface area contributed by atoms with Gasteiger partial charge in [-0.25, -0.2) is 9.59 Å². The summed E-state index contributed by atoms with van der Waals surface area (Å²) in [4.78, 5) is 23.7. The van der Waals surface area contributed by atoms with Crippen LogP contribution in [0.25, 0.3) is 6.08 Å². The Hall–Kier alpha value is -2.30. The minimum Gasteiger partial charge on any atom is -0.487 e. The number of aryl methyl sites for hydroxylation is 2. The van der Waals surface area contributed by atoms with Crippen LogP contribution in [-0.2, 0) is 19.1 Å². The van der Waals surface area contributed by atoms with Gasteiger partial charge in [0.05, 0.1) is 14.2 Å². The van der Waals surface area contributed by atoms with Crippen molar-refractivity contribution in [3.05, 3.63) is 34.4 Å². The lowest BCUT2D eigenvalue weighted by Crippen LogP contribution is -2.30. The number of hydrogen-bond acceptors (Lipinski definition) is 5. The first-order valence-electron chi connectivity index (χ1n) is 8.69. The van der Waals surface area contributed by atoms with Crippen molar-refractivity contribution in [3.63, 3.8) is 0 Å². The molecule has 26 heavy (non-hydrogen) atoms. The fraction of sp³-hybridized carbons (Fsp3) is 0.524. The van der Waals surface area contributed by atoms with Crippen molar-refractivity contribution in [1.82, 2.24) is 0 Å². The van der Waals surface area contributed by atoms with Crippen LogP contribution in [0.1, 0.15) is 50.8 Å². The maximum absolute atomic E-state index is 11.8. The summed E-state index contributed by atoms with van der Waals surface area (Å²) in [6.45, 7) is 12.4. The van der Waals surface area contributed by atoms with E-state index in [1.165, 1.54) is 20.3 Å². The fourth-order valence-electron chi connectivity index (χ4n) is 3.12. The van der Waals surface area contributed by atoms with E-state index in [0.717, 1.165) is 23.3 Å². The summed E-state index contributed by atoms with van der Waals surface area (Å²) in [5.41, 5.74) is 2.14. The Kier molecular flexibility index (Phi) is 7.42. The van der Waals surface area contributed by atoms with Gasteiger partial charge in [-0.2, -0.15) is 0 Å². The van der Waals surface area contributed by atoms with Gasteiger partial charge in [0, 0.05) is 0 Å². The SMILES string of the molecule is COC(=O)C(=Cc1cc(C)c(OC(C)(C)CC(C)C)c(C)c1)C(=O)OC. The highest BCUT2D eigenvalue weighted by Gasteiger charge is 2.24. The number of ether oxygens (including phenoxy) is 3. The molecule has 1 aromatic carbocycles. The summed E-state index contributed by atoms with van der Waals surface area (Å²) in [5, 5.41) is 0. The van der Waals surface area contributed by atoms with Gasteiger partial charge in [0.1, 0.15) is 16.9 Å². The molecule has 0 aromatic heterocycles. The van der Waals surface area contributed by atoms with Crippen LogP contribution in [0, 0.1) is 19.8 Å². The molecule has 0 bridgehead atoms. The second kappa shape index (κ2) is 8.88. The maximum Gasteiger partial charge on any atom is 0.345 e. The summed E-state index contributed by atoms with van der Waals surface area (Å²) < 4.78 is 15.6. The molecule has 5 nitrogen and oxygen atoms in total. The molecule has 0 unspecified atom stereocenters. The molecule has 0 N–H and O–H groups in total. The molecule has 0 radical (unpaired) electrons. The topological polar surface area (TPSA) is 61.8 Å². The molecule has 1 aromatic rings. The Labute approximate surface area is 156 Å². The number of benzene rings is 1. The number of carbonyl (C=O) groups is 2. The Bertz CT molecular complexity index is 657. The number of carbonyl (C=O) groups excluding carboxylic acids is 2. The van der Waals surface area contributed by atoms with Gasteiger partial charge in [-0.15, -0.1) is 0 Å². The molecule has 0 saturated heterocycles. The van der Waals surface area contributed by atoms with E-state index in [1.807, 2.05) is 26.0 Å². The molecule has 0 amide bonds. The van der Waals surface area contributed by atoms with Crippen LogP contribution in [0.3, 0.4) is 0 Å². The normalized spacial score (nSPS) is 11.1. The van der Waals surface area contributed by atoms with E-state index in [4.69, 9.17) is 4.74 Å². The van der Waals surface area contributed by atoms with Gasteiger partial charge in [0.2, 0.25) is 0 Å². The lowest BCUT2D eigenvalue weighted by molar-refractivity contribution is -0.143. The van der Waals surface area contributed by atoms with Crippen molar-refractivity contribution >= 4 is 18.0 Å². The van der Waals surface area contributed by atoms with Crippen molar-refractivity contribution in [2.45, 2.75) is 53.6 Å². The van der Waals surface area contributed by atoms with Crippen molar-refractivity contribution in [2.75, 3.05) is 14.2 Å². The molecular weight excluding hydrogens is 332 g/mol. The molecular formula is C21H30O5. The van der Waals surface area contributed by atoms with Gasteiger partial charge in [-0.05, 0) is 74.9 Å². The van der Waals surface area contributed by atoms with Crippen molar-refractivity contribution in [3.8, 4) is 5.75 Å². The molecule has 1 rings (SSSR count). The fourth-order valence-corrected chi connectivity index (χ4v) is 3.12. The van der Waals surface area contributed by atoms with E-state index in [2.05, 4.69) is 37.2 Å². The van der Waals surface area contributed by atoms with Crippen molar-refractivity contribution in [2.24, 2.45) is 5.92 Å². The summed E-state index contributed by atoms with van der Waals surface area (Å²) in [6, 6.07) is 3.75. The number of esters is 2. The van der Waals surface area contributed by atoms with Crippen LogP contribution in [0.5, 0.6) is 5.75 Å². The highest BCUT2D eigenvalue weighted by Crippen LogP contribution is 2.31. The molecule has 0 aliphatic heterocycles. The average molecular weight is 362 g/mol. The van der Waals surface area contributed by atoms with Crippen LogP contribution in [0.4, 0.5) is 0 Å². The molecule has 0 saturated carbocycles. The van der Waals surface area contributed by atoms with Gasteiger partial charge in [-0.1, -0.05) is 13.8 Å². The Balaban J connectivity index is 3.25. The first-order valence-corrected chi connectivity index (χ1v) is 8.69. The summed E-state index contributed by atoms with van der Waals surface area (Å²) in [6.07, 6.45) is 2.41. The Morgan fingerprint density at radius 3 is 1.88 bits per heavy atom. The molecule has 0 atom stereocenters. The molecule has 0 aliphatic rings. The zero-order chi connectivity index (χ0) is 20.1. The zero-order valence-electron chi connectivity index (χ0n) is 17.1. The van der Waals surface area contributed by atoms with E-state index >= 15 is 0 Å². The second-order valence-electron chi connectivity index (χ2n) is 7.48. The number of methoxy groups -OCH3 is 2. The molecule has 0 spiro atoms. The van der Waals surface area contributed by atoms with Crippen molar-refractivity contribution < 1.29 is 23.8 Å². The van der Waals surface area contributed by atoms with Gasteiger partial charge < -0.3 is 14.2 Å². The van der Waals surface area contributed by atoms with Crippen LogP contribution < -0.4 is 4.74 Å². The lowest BCUT2D eigenvalue weighted by atomic mass is 9.95. The van der Waals surface area contributed by atoms with Crippen LogP contribution in [0.2, 0.25) is 0 Å². The Morgan fingerprint density at radius 1 is 1.04 bits per heavy atom. The monoisotopic (exact) mass is 362 g/mol. The predicted molar refractivity (Wildman–Crippen MR) is 102 cm³/mol. The van der Waals surface area contributed by atoms with Gasteiger partial charge in [0.25, 0.3) is 0 Å². The van der Waals surface area contributed by atoms with E-state index in [9.17, 15) is 9.59 Å². The molecule has 0 heterocycles. The third-order valence-corrected chi connectivity index (χ3v) is 3.88. The summed E-state index contributed by atoms with van der Waals surface area (Å²) in [5.74, 6) is -0.114. The zero-order valence-corrected chi connectivity index (χ0v) is 17.1. The lowest BCUT2D eigenvalue weighted by Gasteiger charge is -2.30. The van der Waals surface area contributed by atoms with Crippen LogP contribution in [-0.4, -0.2) is 31.8 Å². The van der Waals surface area contributed by atoms with Crippen molar-refractivity contribution in [1.29, 1.82) is 0 Å². The summed E-state index contributed by atoms with van der Waals surface area (Å²) >= 11 is 0. The van der Waals surface area contributed by atoms with Gasteiger partial charge in [0.15, 0.2) is 0 Å². The first-order chi connectivity index (χ1) is 12.0. The predicted octanol–water partition coefficient (Wildman–Crippen LogP) is 4.24. The third kappa shape index (κ3) is 5.90. The average Bonchev–Trinajstić information content (AvgIpc) is 2.53. The maximum atomic E-state index is 11.8. The third-order valence-electron chi connectivity index (χ3n) is 3.88. The van der Waals surface area contributed by atoms with E-state index < -0.39 is 11.9 Å². The highest BCUT2D eigenvalue weighted by atomic mass is 16.5. The molecule has 0 fully saturated rings. The number of hydrogen-bond donors (Lipinski definition) is 0. The number of rotatable bonds is 7. The summed E-state index contributed by atoms with van der Waals surface area (Å²) in [7, 11) is 2.45. The van der Waals surface area contributed by atoms with Gasteiger partial charge in [-0.3, -0.25) is 0 Å². The smallest absolute Gasteiger partial charge is 0.345 e. The Morgan fingerprint density at radius 2 is 1.50 bits per heavy atom. The van der Waals surface area contributed by atoms with Gasteiger partial charge >= 0.3 is 11.9 Å². The molecule has 5 heteroatoms.